The normalized spacial score (nSPS) is 14.7. The topological polar surface area (TPSA) is 49.7 Å². The third kappa shape index (κ3) is 4.11. The average molecular weight is 419 g/mol. The van der Waals surface area contributed by atoms with Crippen LogP contribution in [-0.2, 0) is 15.8 Å². The molecule has 1 aliphatic heterocycles. The molecule has 0 fully saturated rings. The van der Waals surface area contributed by atoms with Gasteiger partial charge >= 0.3 is 0 Å². The summed E-state index contributed by atoms with van der Waals surface area (Å²) in [5, 5.41) is 1.46. The molecule has 0 unspecified atom stereocenters. The number of amidine groups is 1. The molecule has 3 rings (SSSR count). The largest absolute Gasteiger partial charge is 0.265 e. The van der Waals surface area contributed by atoms with E-state index < -0.39 is 15.8 Å². The molecule has 0 atom stereocenters. The van der Waals surface area contributed by atoms with Crippen molar-refractivity contribution in [1.82, 2.24) is 4.31 Å². The van der Waals surface area contributed by atoms with Crippen LogP contribution in [0.2, 0.25) is 10.0 Å². The van der Waals surface area contributed by atoms with Crippen molar-refractivity contribution in [1.29, 1.82) is 0 Å². The zero-order valence-corrected chi connectivity index (χ0v) is 16.0. The van der Waals surface area contributed by atoms with Gasteiger partial charge in [-0.05, 0) is 42.0 Å². The number of rotatable bonds is 4. The van der Waals surface area contributed by atoms with Crippen molar-refractivity contribution in [3.05, 3.63) is 63.9 Å². The number of thioether (sulfide) groups is 1. The Morgan fingerprint density at radius 1 is 1.16 bits per heavy atom. The number of hydrogen-bond donors (Lipinski definition) is 0. The Kier molecular flexibility index (Phi) is 5.58. The number of nitrogens with zero attached hydrogens (tertiary/aromatic N) is 2. The summed E-state index contributed by atoms with van der Waals surface area (Å²) in [7, 11) is -3.76. The molecule has 2 aromatic rings. The minimum Gasteiger partial charge on any atom is -0.260 e. The minimum atomic E-state index is -3.76. The molecule has 0 saturated carbocycles. The molecule has 132 valence electrons. The maximum Gasteiger partial charge on any atom is 0.265 e. The van der Waals surface area contributed by atoms with Gasteiger partial charge < -0.3 is 0 Å². The number of hydrogen-bond acceptors (Lipinski definition) is 4. The van der Waals surface area contributed by atoms with E-state index in [1.54, 1.807) is 18.2 Å². The van der Waals surface area contributed by atoms with Crippen LogP contribution in [0.3, 0.4) is 0 Å². The first kappa shape index (κ1) is 18.5. The molecule has 0 radical (unpaired) electrons. The lowest BCUT2D eigenvalue weighted by Gasteiger charge is -2.20. The summed E-state index contributed by atoms with van der Waals surface area (Å²) in [5.74, 6) is -0.0226. The van der Waals surface area contributed by atoms with Crippen LogP contribution in [0.25, 0.3) is 0 Å². The molecule has 25 heavy (non-hydrogen) atoms. The second-order valence-corrected chi connectivity index (χ2v) is 8.87. The van der Waals surface area contributed by atoms with E-state index in [4.69, 9.17) is 23.2 Å². The fourth-order valence-electron chi connectivity index (χ4n) is 2.27. The van der Waals surface area contributed by atoms with Crippen LogP contribution in [-0.4, -0.2) is 31.0 Å². The molecule has 1 aliphatic rings. The van der Waals surface area contributed by atoms with Crippen LogP contribution >= 0.6 is 35.0 Å². The van der Waals surface area contributed by atoms with Gasteiger partial charge in [0.05, 0.1) is 18.0 Å². The first-order valence-corrected chi connectivity index (χ1v) is 10.5. The Hall–Kier alpha value is -1.28. The molecule has 0 spiro atoms. The highest BCUT2D eigenvalue weighted by molar-refractivity contribution is 8.14. The van der Waals surface area contributed by atoms with Crippen molar-refractivity contribution in [3.63, 3.8) is 0 Å². The van der Waals surface area contributed by atoms with Gasteiger partial charge in [0.2, 0.25) is 0 Å². The van der Waals surface area contributed by atoms with Crippen LogP contribution in [0.4, 0.5) is 4.39 Å². The van der Waals surface area contributed by atoms with E-state index in [1.807, 2.05) is 0 Å². The molecule has 0 aliphatic carbocycles. The quantitative estimate of drug-likeness (QED) is 0.737. The summed E-state index contributed by atoms with van der Waals surface area (Å²) >= 11 is 13.3. The van der Waals surface area contributed by atoms with E-state index in [1.165, 1.54) is 28.2 Å². The van der Waals surface area contributed by atoms with Gasteiger partial charge in [-0.3, -0.25) is 4.99 Å². The Morgan fingerprint density at radius 2 is 1.88 bits per heavy atom. The highest BCUT2D eigenvalue weighted by Crippen LogP contribution is 2.29. The van der Waals surface area contributed by atoms with Gasteiger partial charge in [0.15, 0.2) is 5.17 Å². The van der Waals surface area contributed by atoms with E-state index in [9.17, 15) is 12.8 Å². The maximum absolute atomic E-state index is 13.0. The molecule has 0 saturated heterocycles. The number of benzene rings is 2. The Balaban J connectivity index is 1.77. The zero-order chi connectivity index (χ0) is 18.0. The predicted molar refractivity (Wildman–Crippen MR) is 100 cm³/mol. The molecular formula is C16H13Cl2FN2O2S2. The predicted octanol–water partition coefficient (Wildman–Crippen LogP) is 4.43. The van der Waals surface area contributed by atoms with Crippen LogP contribution in [0.1, 0.15) is 5.56 Å². The lowest BCUT2D eigenvalue weighted by molar-refractivity contribution is 0.539. The second-order valence-electron chi connectivity index (χ2n) is 5.22. The lowest BCUT2D eigenvalue weighted by atomic mass is 10.2. The summed E-state index contributed by atoms with van der Waals surface area (Å²) in [6.45, 7) is 0.646. The fraction of sp³-hybridized carbons (Fsp3) is 0.188. The molecule has 0 amide bonds. The molecule has 0 aromatic heterocycles. The number of aliphatic imine (C=N–C) groups is 1. The maximum atomic E-state index is 13.0. The van der Waals surface area contributed by atoms with E-state index in [2.05, 4.69) is 4.99 Å². The Bertz CT molecular complexity index is 918. The fourth-order valence-corrected chi connectivity index (χ4v) is 5.55. The summed E-state index contributed by atoms with van der Waals surface area (Å²) in [4.78, 5) is 4.31. The molecule has 2 aromatic carbocycles. The highest BCUT2D eigenvalue weighted by atomic mass is 35.5. The van der Waals surface area contributed by atoms with E-state index in [0.717, 1.165) is 17.7 Å². The van der Waals surface area contributed by atoms with Crippen molar-refractivity contribution in [2.45, 2.75) is 10.6 Å². The van der Waals surface area contributed by atoms with E-state index in [-0.39, 0.29) is 11.4 Å². The Morgan fingerprint density at radius 3 is 2.56 bits per heavy atom. The summed E-state index contributed by atoms with van der Waals surface area (Å²) in [6, 6.07) is 9.92. The van der Waals surface area contributed by atoms with Crippen molar-refractivity contribution >= 4 is 50.2 Å². The van der Waals surface area contributed by atoms with E-state index in [0.29, 0.717) is 27.5 Å². The monoisotopic (exact) mass is 418 g/mol. The molecule has 9 heteroatoms. The first-order valence-electron chi connectivity index (χ1n) is 7.27. The molecule has 1 heterocycles. The first-order chi connectivity index (χ1) is 11.9. The summed E-state index contributed by atoms with van der Waals surface area (Å²) < 4.78 is 39.8. The summed E-state index contributed by atoms with van der Waals surface area (Å²) in [6.07, 6.45) is 0. The smallest absolute Gasteiger partial charge is 0.260 e. The standard InChI is InChI=1S/C16H13Cl2FN2O2S2/c17-12-2-1-11(15(18)9-12)10-24-16-20-7-8-21(16)25(22,23)14-5-3-13(19)4-6-14/h1-6,9H,7-8,10H2. The highest BCUT2D eigenvalue weighted by Gasteiger charge is 2.31. The lowest BCUT2D eigenvalue weighted by Crippen LogP contribution is -2.32. The molecular weight excluding hydrogens is 406 g/mol. The zero-order valence-electron chi connectivity index (χ0n) is 12.8. The Labute approximate surface area is 159 Å². The van der Waals surface area contributed by atoms with Crippen molar-refractivity contribution in [3.8, 4) is 0 Å². The van der Waals surface area contributed by atoms with Gasteiger partial charge in [-0.15, -0.1) is 0 Å². The van der Waals surface area contributed by atoms with Gasteiger partial charge in [-0.1, -0.05) is 41.0 Å². The minimum absolute atomic E-state index is 0.0358. The van der Waals surface area contributed by atoms with Crippen LogP contribution in [0.5, 0.6) is 0 Å². The van der Waals surface area contributed by atoms with Crippen LogP contribution in [0, 0.1) is 5.82 Å². The SMILES string of the molecule is O=S(=O)(c1ccc(F)cc1)N1CCN=C1SCc1ccc(Cl)cc1Cl. The van der Waals surface area contributed by atoms with Gasteiger partial charge in [0.25, 0.3) is 10.0 Å². The van der Waals surface area contributed by atoms with Crippen LogP contribution < -0.4 is 0 Å². The number of sulfonamides is 1. The van der Waals surface area contributed by atoms with Crippen molar-refractivity contribution < 1.29 is 12.8 Å². The van der Waals surface area contributed by atoms with Gasteiger partial charge in [0.1, 0.15) is 5.82 Å². The number of halogens is 3. The van der Waals surface area contributed by atoms with Gasteiger partial charge in [-0.25, -0.2) is 17.1 Å². The van der Waals surface area contributed by atoms with Crippen LogP contribution in [0.15, 0.2) is 52.4 Å². The third-order valence-electron chi connectivity index (χ3n) is 3.54. The van der Waals surface area contributed by atoms with Gasteiger partial charge in [-0.2, -0.15) is 0 Å². The van der Waals surface area contributed by atoms with Crippen molar-refractivity contribution in [2.24, 2.45) is 4.99 Å². The second kappa shape index (κ2) is 7.53. The average Bonchev–Trinajstić information content (AvgIpc) is 3.04. The summed E-state index contributed by atoms with van der Waals surface area (Å²) in [5.41, 5.74) is 0.838. The third-order valence-corrected chi connectivity index (χ3v) is 7.11. The van der Waals surface area contributed by atoms with Gasteiger partial charge in [0, 0.05) is 15.8 Å². The van der Waals surface area contributed by atoms with Crippen molar-refractivity contribution in [2.75, 3.05) is 13.1 Å². The molecule has 4 nitrogen and oxygen atoms in total. The molecule has 0 bridgehead atoms. The molecule has 0 N–H and O–H groups in total. The van der Waals surface area contributed by atoms with E-state index >= 15 is 0 Å².